The third-order valence-electron chi connectivity index (χ3n) is 3.74. The molecule has 1 N–H and O–H groups in total. The van der Waals surface area contributed by atoms with Crippen molar-refractivity contribution in [1.82, 2.24) is 10.2 Å². The molecule has 1 aromatic carbocycles. The first kappa shape index (κ1) is 13.2. The molecule has 1 saturated heterocycles. The molecule has 1 fully saturated rings. The van der Waals surface area contributed by atoms with Crippen molar-refractivity contribution in [2.45, 2.75) is 25.6 Å². The second kappa shape index (κ2) is 5.71. The van der Waals surface area contributed by atoms with Crippen molar-refractivity contribution < 1.29 is 14.3 Å². The van der Waals surface area contributed by atoms with Crippen molar-refractivity contribution >= 4 is 5.91 Å². The molecule has 1 aromatic rings. The fourth-order valence-corrected chi connectivity index (χ4v) is 2.64. The Bertz CT molecular complexity index is 484. The van der Waals surface area contributed by atoms with Gasteiger partial charge in [-0.05, 0) is 32.0 Å². The average molecular weight is 276 g/mol. The van der Waals surface area contributed by atoms with Crippen molar-refractivity contribution in [3.05, 3.63) is 24.3 Å². The summed E-state index contributed by atoms with van der Waals surface area (Å²) in [6, 6.07) is 7.49. The molecule has 5 nitrogen and oxygen atoms in total. The lowest BCUT2D eigenvalue weighted by molar-refractivity contribution is -0.144. The number of amides is 1. The van der Waals surface area contributed by atoms with Gasteiger partial charge in [-0.2, -0.15) is 0 Å². The largest absolute Gasteiger partial charge is 0.482 e. The number of carbonyl (C=O) groups excluding carboxylic acids is 1. The van der Waals surface area contributed by atoms with Crippen LogP contribution < -0.4 is 14.8 Å². The number of para-hydroxylation sites is 2. The van der Waals surface area contributed by atoms with Crippen LogP contribution in [0.5, 0.6) is 11.5 Å². The van der Waals surface area contributed by atoms with Crippen LogP contribution >= 0.6 is 0 Å². The highest BCUT2D eigenvalue weighted by Crippen LogP contribution is 2.33. The fourth-order valence-electron chi connectivity index (χ4n) is 2.64. The zero-order chi connectivity index (χ0) is 13.9. The van der Waals surface area contributed by atoms with Crippen LogP contribution in [0.15, 0.2) is 24.3 Å². The van der Waals surface area contributed by atoms with Crippen molar-refractivity contribution in [1.29, 1.82) is 0 Å². The van der Waals surface area contributed by atoms with Gasteiger partial charge in [0.05, 0.1) is 0 Å². The molecule has 2 unspecified atom stereocenters. The van der Waals surface area contributed by atoms with E-state index in [0.717, 1.165) is 32.6 Å². The van der Waals surface area contributed by atoms with Crippen molar-refractivity contribution in [3.8, 4) is 11.5 Å². The van der Waals surface area contributed by atoms with Crippen LogP contribution in [0, 0.1) is 0 Å². The van der Waals surface area contributed by atoms with E-state index in [2.05, 4.69) is 5.32 Å². The van der Waals surface area contributed by atoms with E-state index in [-0.39, 0.29) is 12.0 Å². The molecule has 0 spiro atoms. The zero-order valence-electron chi connectivity index (χ0n) is 11.7. The minimum atomic E-state index is -0.553. The summed E-state index contributed by atoms with van der Waals surface area (Å²) in [4.78, 5) is 14.5. The van der Waals surface area contributed by atoms with Gasteiger partial charge in [0.2, 0.25) is 6.10 Å². The second-order valence-corrected chi connectivity index (χ2v) is 5.24. The first-order valence-corrected chi connectivity index (χ1v) is 7.17. The fraction of sp³-hybridized carbons (Fsp3) is 0.533. The summed E-state index contributed by atoms with van der Waals surface area (Å²) in [6.07, 6.45) is 0.154. The van der Waals surface area contributed by atoms with Crippen LogP contribution in [0.3, 0.4) is 0 Å². The lowest BCUT2D eigenvalue weighted by atomic mass is 10.1. The molecule has 0 aliphatic carbocycles. The quantitative estimate of drug-likeness (QED) is 0.832. The summed E-state index contributed by atoms with van der Waals surface area (Å²) >= 11 is 0. The number of benzene rings is 1. The Morgan fingerprint density at radius 1 is 1.20 bits per heavy atom. The highest BCUT2D eigenvalue weighted by molar-refractivity contribution is 5.82. The summed E-state index contributed by atoms with van der Waals surface area (Å²) in [5.74, 6) is 1.38. The summed E-state index contributed by atoms with van der Waals surface area (Å²) in [5.41, 5.74) is 0. The third-order valence-corrected chi connectivity index (χ3v) is 3.74. The lowest BCUT2D eigenvalue weighted by Gasteiger charge is -2.34. The van der Waals surface area contributed by atoms with Crippen molar-refractivity contribution in [3.63, 3.8) is 0 Å². The number of nitrogens with one attached hydrogen (secondary N) is 1. The predicted octanol–water partition coefficient (Wildman–Crippen LogP) is 1.04. The van der Waals surface area contributed by atoms with E-state index in [1.54, 1.807) is 0 Å². The molecule has 0 bridgehead atoms. The molecule has 2 heterocycles. The van der Waals surface area contributed by atoms with E-state index in [9.17, 15) is 4.79 Å². The van der Waals surface area contributed by atoms with Gasteiger partial charge in [0.25, 0.3) is 5.91 Å². The Kier molecular flexibility index (Phi) is 3.78. The maximum absolute atomic E-state index is 12.6. The summed E-state index contributed by atoms with van der Waals surface area (Å²) in [7, 11) is 0. The van der Waals surface area contributed by atoms with Gasteiger partial charge < -0.3 is 19.7 Å². The van der Waals surface area contributed by atoms with E-state index < -0.39 is 6.10 Å². The summed E-state index contributed by atoms with van der Waals surface area (Å²) in [6.45, 7) is 5.19. The number of fused-ring (bicyclic) bond motifs is 1. The summed E-state index contributed by atoms with van der Waals surface area (Å²) in [5, 5.41) is 3.30. The Labute approximate surface area is 118 Å². The van der Waals surface area contributed by atoms with Gasteiger partial charge in [-0.25, -0.2) is 0 Å². The monoisotopic (exact) mass is 276 g/mol. The first-order chi connectivity index (χ1) is 9.75. The van der Waals surface area contributed by atoms with Crippen LogP contribution in [-0.2, 0) is 4.79 Å². The smallest absolute Gasteiger partial charge is 0.267 e. The van der Waals surface area contributed by atoms with Gasteiger partial charge in [-0.1, -0.05) is 12.1 Å². The highest BCUT2D eigenvalue weighted by atomic mass is 16.6. The Morgan fingerprint density at radius 2 is 1.95 bits per heavy atom. The Hall–Kier alpha value is -1.75. The molecule has 0 radical (unpaired) electrons. The maximum atomic E-state index is 12.6. The number of hydrogen-bond acceptors (Lipinski definition) is 4. The predicted molar refractivity (Wildman–Crippen MR) is 75.0 cm³/mol. The lowest BCUT2D eigenvalue weighted by Crippen LogP contribution is -2.51. The highest BCUT2D eigenvalue weighted by Gasteiger charge is 2.36. The topological polar surface area (TPSA) is 50.8 Å². The van der Waals surface area contributed by atoms with Gasteiger partial charge in [-0.3, -0.25) is 4.79 Å². The number of rotatable bonds is 1. The molecular formula is C15H20N2O3. The molecule has 3 rings (SSSR count). The number of hydrogen-bond donors (Lipinski definition) is 1. The van der Waals surface area contributed by atoms with E-state index in [4.69, 9.17) is 9.47 Å². The minimum absolute atomic E-state index is 0.0238. The standard InChI is InChI=1S/C15H20N2O3/c1-11-14(15(18)17-9-4-7-16-8-10-17)20-13-6-3-2-5-12(13)19-11/h2-3,5-6,11,14,16H,4,7-10H2,1H3. The molecule has 108 valence electrons. The molecule has 0 aromatic heterocycles. The molecule has 2 atom stereocenters. The zero-order valence-corrected chi connectivity index (χ0v) is 11.7. The Balaban J connectivity index is 1.75. The number of nitrogens with zero attached hydrogens (tertiary/aromatic N) is 1. The second-order valence-electron chi connectivity index (χ2n) is 5.24. The van der Waals surface area contributed by atoms with E-state index in [1.165, 1.54) is 0 Å². The molecule has 20 heavy (non-hydrogen) atoms. The maximum Gasteiger partial charge on any atom is 0.267 e. The van der Waals surface area contributed by atoms with Gasteiger partial charge >= 0.3 is 0 Å². The average Bonchev–Trinajstić information content (AvgIpc) is 2.75. The van der Waals surface area contributed by atoms with Gasteiger partial charge in [0, 0.05) is 19.6 Å². The third kappa shape index (κ3) is 2.58. The van der Waals surface area contributed by atoms with E-state index in [0.29, 0.717) is 11.5 Å². The van der Waals surface area contributed by atoms with Crippen LogP contribution in [-0.4, -0.2) is 49.2 Å². The normalized spacial score (nSPS) is 25.9. The van der Waals surface area contributed by atoms with E-state index >= 15 is 0 Å². The van der Waals surface area contributed by atoms with Crippen molar-refractivity contribution in [2.75, 3.05) is 26.2 Å². The molecule has 2 aliphatic rings. The first-order valence-electron chi connectivity index (χ1n) is 7.17. The molecule has 5 heteroatoms. The van der Waals surface area contributed by atoms with E-state index in [1.807, 2.05) is 36.1 Å². The molecule has 2 aliphatic heterocycles. The van der Waals surface area contributed by atoms with Gasteiger partial charge in [0.15, 0.2) is 11.5 Å². The number of carbonyl (C=O) groups is 1. The molecule has 0 saturated carbocycles. The SMILES string of the molecule is CC1Oc2ccccc2OC1C(=O)N1CCCNCC1. The van der Waals surface area contributed by atoms with Gasteiger partial charge in [-0.15, -0.1) is 0 Å². The van der Waals surface area contributed by atoms with Crippen LogP contribution in [0.25, 0.3) is 0 Å². The number of ether oxygens (including phenoxy) is 2. The minimum Gasteiger partial charge on any atom is -0.482 e. The van der Waals surface area contributed by atoms with Crippen LogP contribution in [0.4, 0.5) is 0 Å². The molecule has 1 amide bonds. The Morgan fingerprint density at radius 3 is 2.75 bits per heavy atom. The van der Waals surface area contributed by atoms with Crippen molar-refractivity contribution in [2.24, 2.45) is 0 Å². The summed E-state index contributed by atoms with van der Waals surface area (Å²) < 4.78 is 11.7. The van der Waals surface area contributed by atoms with Gasteiger partial charge in [0.1, 0.15) is 6.10 Å². The molecular weight excluding hydrogens is 256 g/mol. The van der Waals surface area contributed by atoms with Crippen LogP contribution in [0.2, 0.25) is 0 Å². The van der Waals surface area contributed by atoms with Crippen LogP contribution in [0.1, 0.15) is 13.3 Å².